The van der Waals surface area contributed by atoms with E-state index < -0.39 is 0 Å². The molecule has 5 heteroatoms. The van der Waals surface area contributed by atoms with Crippen LogP contribution >= 0.6 is 0 Å². The zero-order valence-electron chi connectivity index (χ0n) is 11.3. The molecule has 0 aliphatic carbocycles. The van der Waals surface area contributed by atoms with E-state index in [9.17, 15) is 9.18 Å². The number of rotatable bonds is 3. The van der Waals surface area contributed by atoms with Crippen LogP contribution in [0.1, 0.15) is 19.8 Å². The Morgan fingerprint density at radius 2 is 2.11 bits per heavy atom. The predicted molar refractivity (Wildman–Crippen MR) is 71.9 cm³/mol. The van der Waals surface area contributed by atoms with Crippen LogP contribution in [-0.4, -0.2) is 37.0 Å². The van der Waals surface area contributed by atoms with E-state index in [-0.39, 0.29) is 23.5 Å². The lowest BCUT2D eigenvalue weighted by atomic mass is 10.0. The first-order valence-corrected chi connectivity index (χ1v) is 6.45. The van der Waals surface area contributed by atoms with Gasteiger partial charge in [-0.3, -0.25) is 4.79 Å². The van der Waals surface area contributed by atoms with Gasteiger partial charge in [0.2, 0.25) is 5.91 Å². The van der Waals surface area contributed by atoms with Crippen LogP contribution in [0.15, 0.2) is 18.2 Å². The largest absolute Gasteiger partial charge is 0.494 e. The molecule has 1 amide bonds. The Balaban J connectivity index is 1.92. The van der Waals surface area contributed by atoms with Crippen molar-refractivity contribution >= 4 is 11.6 Å². The van der Waals surface area contributed by atoms with Crippen LogP contribution in [-0.2, 0) is 4.79 Å². The molecule has 0 atom stereocenters. The number of benzene rings is 1. The number of nitrogens with zero attached hydrogens (tertiary/aromatic N) is 1. The average molecular weight is 266 g/mol. The highest BCUT2D eigenvalue weighted by Gasteiger charge is 2.20. The first kappa shape index (κ1) is 13.6. The molecule has 0 unspecified atom stereocenters. The van der Waals surface area contributed by atoms with E-state index in [1.807, 2.05) is 4.90 Å². The highest BCUT2D eigenvalue weighted by molar-refractivity contribution is 5.73. The normalized spacial score (nSPS) is 16.3. The number of amides is 1. The van der Waals surface area contributed by atoms with E-state index in [0.29, 0.717) is 0 Å². The number of nitrogens with one attached hydrogen (secondary N) is 1. The second-order valence-electron chi connectivity index (χ2n) is 4.77. The summed E-state index contributed by atoms with van der Waals surface area (Å²) >= 11 is 0. The standard InChI is InChI=1S/C14H19FN2O2/c1-10(18)17-7-5-11(6-8-17)16-12-3-4-14(19-2)13(15)9-12/h3-4,9,11,16H,5-8H2,1-2H3. The van der Waals surface area contributed by atoms with Gasteiger partial charge in [-0.15, -0.1) is 0 Å². The molecule has 0 saturated carbocycles. The molecule has 1 aliphatic rings. The molecule has 1 heterocycles. The van der Waals surface area contributed by atoms with Crippen LogP contribution in [0.2, 0.25) is 0 Å². The summed E-state index contributed by atoms with van der Waals surface area (Å²) in [5.41, 5.74) is 0.750. The maximum absolute atomic E-state index is 13.6. The molecule has 0 aromatic heterocycles. The third kappa shape index (κ3) is 3.36. The maximum Gasteiger partial charge on any atom is 0.219 e. The number of methoxy groups -OCH3 is 1. The number of carbonyl (C=O) groups excluding carboxylic acids is 1. The van der Waals surface area contributed by atoms with Crippen LogP contribution in [0.25, 0.3) is 0 Å². The number of ether oxygens (including phenoxy) is 1. The number of piperidine rings is 1. The van der Waals surface area contributed by atoms with Gasteiger partial charge in [0.15, 0.2) is 11.6 Å². The minimum atomic E-state index is -0.367. The molecule has 104 valence electrons. The maximum atomic E-state index is 13.6. The Bertz CT molecular complexity index is 457. The van der Waals surface area contributed by atoms with E-state index in [0.717, 1.165) is 31.6 Å². The van der Waals surface area contributed by atoms with Crippen molar-refractivity contribution in [3.05, 3.63) is 24.0 Å². The van der Waals surface area contributed by atoms with Crippen LogP contribution < -0.4 is 10.1 Å². The molecule has 1 saturated heterocycles. The summed E-state index contributed by atoms with van der Waals surface area (Å²) in [5.74, 6) is -0.000405. The Hall–Kier alpha value is -1.78. The molecule has 0 bridgehead atoms. The first-order valence-electron chi connectivity index (χ1n) is 6.45. The minimum absolute atomic E-state index is 0.119. The molecule has 0 spiro atoms. The van der Waals surface area contributed by atoms with Gasteiger partial charge in [0, 0.05) is 37.8 Å². The van der Waals surface area contributed by atoms with Gasteiger partial charge in [0.05, 0.1) is 7.11 Å². The van der Waals surface area contributed by atoms with Crippen molar-refractivity contribution in [3.63, 3.8) is 0 Å². The molecule has 19 heavy (non-hydrogen) atoms. The van der Waals surface area contributed by atoms with Gasteiger partial charge in [0.1, 0.15) is 0 Å². The van der Waals surface area contributed by atoms with E-state index in [2.05, 4.69) is 5.32 Å². The van der Waals surface area contributed by atoms with Crippen LogP contribution in [0.5, 0.6) is 5.75 Å². The molecular formula is C14H19FN2O2. The lowest BCUT2D eigenvalue weighted by molar-refractivity contribution is -0.129. The molecule has 4 nitrogen and oxygen atoms in total. The monoisotopic (exact) mass is 266 g/mol. The Kier molecular flexibility index (Phi) is 4.24. The highest BCUT2D eigenvalue weighted by Crippen LogP contribution is 2.23. The number of halogens is 1. The van der Waals surface area contributed by atoms with Crippen molar-refractivity contribution in [1.82, 2.24) is 4.90 Å². The van der Waals surface area contributed by atoms with E-state index in [4.69, 9.17) is 4.74 Å². The second kappa shape index (κ2) is 5.91. The van der Waals surface area contributed by atoms with Gasteiger partial charge in [-0.25, -0.2) is 4.39 Å². The van der Waals surface area contributed by atoms with Crippen molar-refractivity contribution in [2.45, 2.75) is 25.8 Å². The van der Waals surface area contributed by atoms with Crippen molar-refractivity contribution in [1.29, 1.82) is 0 Å². The summed E-state index contributed by atoms with van der Waals surface area (Å²) in [7, 11) is 1.45. The summed E-state index contributed by atoms with van der Waals surface area (Å²) in [5, 5.41) is 3.30. The predicted octanol–water partition coefficient (Wildman–Crippen LogP) is 2.26. The Morgan fingerprint density at radius 1 is 1.42 bits per heavy atom. The minimum Gasteiger partial charge on any atom is -0.494 e. The second-order valence-corrected chi connectivity index (χ2v) is 4.77. The third-order valence-electron chi connectivity index (χ3n) is 3.46. The van der Waals surface area contributed by atoms with Gasteiger partial charge in [-0.2, -0.15) is 0 Å². The van der Waals surface area contributed by atoms with Gasteiger partial charge in [-0.1, -0.05) is 0 Å². The van der Waals surface area contributed by atoms with Gasteiger partial charge in [0.25, 0.3) is 0 Å². The number of likely N-dealkylation sites (tertiary alicyclic amines) is 1. The van der Waals surface area contributed by atoms with Crippen LogP contribution in [0.3, 0.4) is 0 Å². The highest BCUT2D eigenvalue weighted by atomic mass is 19.1. The summed E-state index contributed by atoms with van der Waals surface area (Å²) in [6, 6.07) is 5.14. The van der Waals surface area contributed by atoms with Crippen LogP contribution in [0, 0.1) is 5.82 Å². The summed E-state index contributed by atoms with van der Waals surface area (Å²) in [4.78, 5) is 13.1. The van der Waals surface area contributed by atoms with Gasteiger partial charge < -0.3 is 15.0 Å². The summed E-state index contributed by atoms with van der Waals surface area (Å²) in [6.07, 6.45) is 1.76. The van der Waals surface area contributed by atoms with E-state index >= 15 is 0 Å². The molecular weight excluding hydrogens is 247 g/mol. The molecule has 1 aliphatic heterocycles. The first-order chi connectivity index (χ1) is 9.10. The Labute approximate surface area is 112 Å². The zero-order valence-corrected chi connectivity index (χ0v) is 11.3. The quantitative estimate of drug-likeness (QED) is 0.912. The summed E-state index contributed by atoms with van der Waals surface area (Å²) in [6.45, 7) is 3.10. The molecule has 1 N–H and O–H groups in total. The molecule has 1 aromatic rings. The molecule has 1 aromatic carbocycles. The van der Waals surface area contributed by atoms with Crippen molar-refractivity contribution in [2.24, 2.45) is 0 Å². The fourth-order valence-electron chi connectivity index (χ4n) is 2.33. The SMILES string of the molecule is COc1ccc(NC2CCN(C(C)=O)CC2)cc1F. The number of anilines is 1. The van der Waals surface area contributed by atoms with Crippen molar-refractivity contribution in [2.75, 3.05) is 25.5 Å². The number of hydrogen-bond donors (Lipinski definition) is 1. The lowest BCUT2D eigenvalue weighted by Gasteiger charge is -2.32. The van der Waals surface area contributed by atoms with E-state index in [1.54, 1.807) is 19.1 Å². The van der Waals surface area contributed by atoms with Gasteiger partial charge >= 0.3 is 0 Å². The molecule has 0 radical (unpaired) electrons. The van der Waals surface area contributed by atoms with Crippen LogP contribution in [0.4, 0.5) is 10.1 Å². The fraction of sp³-hybridized carbons (Fsp3) is 0.500. The average Bonchev–Trinajstić information content (AvgIpc) is 2.39. The number of carbonyl (C=O) groups is 1. The molecule has 2 rings (SSSR count). The molecule has 1 fully saturated rings. The third-order valence-corrected chi connectivity index (χ3v) is 3.46. The topological polar surface area (TPSA) is 41.6 Å². The lowest BCUT2D eigenvalue weighted by Crippen LogP contribution is -2.41. The Morgan fingerprint density at radius 3 is 2.63 bits per heavy atom. The smallest absolute Gasteiger partial charge is 0.219 e. The number of hydrogen-bond acceptors (Lipinski definition) is 3. The fourth-order valence-corrected chi connectivity index (χ4v) is 2.33. The summed E-state index contributed by atoms with van der Waals surface area (Å²) < 4.78 is 18.4. The van der Waals surface area contributed by atoms with Gasteiger partial charge in [-0.05, 0) is 25.0 Å². The zero-order chi connectivity index (χ0) is 13.8. The van der Waals surface area contributed by atoms with E-state index in [1.165, 1.54) is 13.2 Å². The van der Waals surface area contributed by atoms with Crippen molar-refractivity contribution < 1.29 is 13.9 Å². The van der Waals surface area contributed by atoms with Crippen molar-refractivity contribution in [3.8, 4) is 5.75 Å².